The van der Waals surface area contributed by atoms with Crippen molar-refractivity contribution in [3.8, 4) is 23.5 Å². The van der Waals surface area contributed by atoms with Gasteiger partial charge in [-0.1, -0.05) is 42.5 Å². The van der Waals surface area contributed by atoms with Crippen molar-refractivity contribution in [1.82, 2.24) is 9.13 Å². The number of para-hydroxylation sites is 3. The van der Waals surface area contributed by atoms with Gasteiger partial charge in [-0.05, 0) is 73.7 Å². The first-order valence-electron chi connectivity index (χ1n) is 12.4. The van der Waals surface area contributed by atoms with E-state index in [9.17, 15) is 10.5 Å². The largest absolute Gasteiger partial charge is 0.312 e. The molecule has 2 aromatic heterocycles. The van der Waals surface area contributed by atoms with Crippen LogP contribution in [0.3, 0.4) is 0 Å². The predicted octanol–water partition coefficient (Wildman–Crippen LogP) is 7.35. The number of nitrogens with zero attached hydrogens (tertiary/aromatic N) is 4. The fourth-order valence-electron chi connectivity index (χ4n) is 6.15. The van der Waals surface area contributed by atoms with Crippen molar-refractivity contribution < 1.29 is 0 Å². The van der Waals surface area contributed by atoms with Gasteiger partial charge in [-0.2, -0.15) is 10.5 Å². The molecule has 0 saturated heterocycles. The Morgan fingerprint density at radius 1 is 0.556 bits per heavy atom. The zero-order valence-corrected chi connectivity index (χ0v) is 19.7. The third-order valence-electron chi connectivity index (χ3n) is 7.60. The van der Waals surface area contributed by atoms with Gasteiger partial charge >= 0.3 is 0 Å². The van der Waals surface area contributed by atoms with Gasteiger partial charge in [0.1, 0.15) is 12.1 Å². The van der Waals surface area contributed by atoms with E-state index in [4.69, 9.17) is 0 Å². The van der Waals surface area contributed by atoms with Crippen molar-refractivity contribution in [3.63, 3.8) is 0 Å². The van der Waals surface area contributed by atoms with Gasteiger partial charge in [-0.15, -0.1) is 0 Å². The number of benzene rings is 4. The molecule has 1 aliphatic rings. The molecule has 0 spiro atoms. The molecule has 0 N–H and O–H groups in total. The fraction of sp³-hybridized carbons (Fsp3) is 0.125. The maximum absolute atomic E-state index is 9.89. The van der Waals surface area contributed by atoms with Crippen molar-refractivity contribution in [2.45, 2.75) is 25.7 Å². The molecule has 6 aromatic rings. The first-order chi connectivity index (χ1) is 17.8. The summed E-state index contributed by atoms with van der Waals surface area (Å²) < 4.78 is 4.57. The molecular weight excluding hydrogens is 440 g/mol. The molecule has 36 heavy (non-hydrogen) atoms. The summed E-state index contributed by atoms with van der Waals surface area (Å²) in [6, 6.07) is 33.4. The van der Waals surface area contributed by atoms with E-state index in [1.54, 1.807) is 0 Å². The Morgan fingerprint density at radius 2 is 1.14 bits per heavy atom. The minimum absolute atomic E-state index is 0.655. The standard InChI is InChI=1S/C32H22N4/c33-19-21-9-1-5-13-25(21)35-27-15-7-3-11-23(27)31-29(35)17-18-30-32(31)24-12-4-8-16-28(24)36(30)26-14-6-2-10-22(26)20-34/h1-3,5-7,9-11,13-15,17-18H,4,8,12,16H2. The molecule has 170 valence electrons. The SMILES string of the molecule is N#Cc1ccccc1-n1c2c(c3c4c5ccccc5n(-c5ccccc5C#N)c4ccc31)CCCC2. The number of nitriles is 2. The van der Waals surface area contributed by atoms with E-state index in [0.717, 1.165) is 53.6 Å². The van der Waals surface area contributed by atoms with Crippen molar-refractivity contribution in [2.75, 3.05) is 0 Å². The smallest absolute Gasteiger partial charge is 0.101 e. The molecule has 0 atom stereocenters. The van der Waals surface area contributed by atoms with Gasteiger partial charge < -0.3 is 9.13 Å². The molecule has 0 unspecified atom stereocenters. The second kappa shape index (κ2) is 7.87. The van der Waals surface area contributed by atoms with Gasteiger partial charge in [0.15, 0.2) is 0 Å². The molecule has 7 rings (SSSR count). The monoisotopic (exact) mass is 462 g/mol. The van der Waals surface area contributed by atoms with E-state index in [-0.39, 0.29) is 0 Å². The second-order valence-electron chi connectivity index (χ2n) is 9.43. The molecule has 0 fully saturated rings. The highest BCUT2D eigenvalue weighted by molar-refractivity contribution is 6.22. The van der Waals surface area contributed by atoms with Crippen LogP contribution in [0, 0.1) is 22.7 Å². The van der Waals surface area contributed by atoms with Crippen LogP contribution in [0.4, 0.5) is 0 Å². The van der Waals surface area contributed by atoms with Crippen molar-refractivity contribution in [3.05, 3.63) is 107 Å². The molecule has 0 amide bonds. The number of aromatic nitrogens is 2. The summed E-state index contributed by atoms with van der Waals surface area (Å²) in [4.78, 5) is 0. The van der Waals surface area contributed by atoms with E-state index in [0.29, 0.717) is 11.1 Å². The summed E-state index contributed by atoms with van der Waals surface area (Å²) in [7, 11) is 0. The summed E-state index contributed by atoms with van der Waals surface area (Å²) in [5, 5.41) is 23.5. The number of aryl methyl sites for hydroxylation is 1. The molecule has 4 nitrogen and oxygen atoms in total. The van der Waals surface area contributed by atoms with E-state index in [1.165, 1.54) is 27.4 Å². The average Bonchev–Trinajstić information content (AvgIpc) is 3.45. The first-order valence-corrected chi connectivity index (χ1v) is 12.4. The van der Waals surface area contributed by atoms with Crippen molar-refractivity contribution >= 4 is 32.7 Å². The van der Waals surface area contributed by atoms with Crippen LogP contribution < -0.4 is 0 Å². The molecule has 0 aliphatic heterocycles. The Bertz CT molecular complexity index is 1920. The predicted molar refractivity (Wildman–Crippen MR) is 144 cm³/mol. The Morgan fingerprint density at radius 3 is 1.86 bits per heavy atom. The zero-order valence-electron chi connectivity index (χ0n) is 19.7. The van der Waals surface area contributed by atoms with Gasteiger partial charge in [0, 0.05) is 21.9 Å². The third kappa shape index (κ3) is 2.73. The minimum atomic E-state index is 0.655. The fourth-order valence-corrected chi connectivity index (χ4v) is 6.15. The molecule has 4 aromatic carbocycles. The summed E-state index contributed by atoms with van der Waals surface area (Å²) in [5.41, 5.74) is 9.25. The van der Waals surface area contributed by atoms with E-state index >= 15 is 0 Å². The zero-order chi connectivity index (χ0) is 24.2. The Balaban J connectivity index is 1.69. The van der Waals surface area contributed by atoms with Gasteiger partial charge in [-0.25, -0.2) is 0 Å². The maximum Gasteiger partial charge on any atom is 0.101 e. The van der Waals surface area contributed by atoms with Crippen LogP contribution in [-0.2, 0) is 12.8 Å². The lowest BCUT2D eigenvalue weighted by atomic mass is 9.93. The summed E-state index contributed by atoms with van der Waals surface area (Å²) >= 11 is 0. The summed E-state index contributed by atoms with van der Waals surface area (Å²) in [5.74, 6) is 0. The molecule has 4 heteroatoms. The maximum atomic E-state index is 9.89. The van der Waals surface area contributed by atoms with Crippen LogP contribution in [0.5, 0.6) is 0 Å². The lowest BCUT2D eigenvalue weighted by molar-refractivity contribution is 0.667. The molecule has 0 saturated carbocycles. The van der Waals surface area contributed by atoms with Gasteiger partial charge in [-0.3, -0.25) is 0 Å². The second-order valence-corrected chi connectivity index (χ2v) is 9.43. The number of hydrogen-bond donors (Lipinski definition) is 0. The van der Waals surface area contributed by atoms with Crippen LogP contribution in [0.25, 0.3) is 44.1 Å². The van der Waals surface area contributed by atoms with Crippen LogP contribution in [-0.4, -0.2) is 9.13 Å². The topological polar surface area (TPSA) is 57.4 Å². The van der Waals surface area contributed by atoms with Crippen molar-refractivity contribution in [2.24, 2.45) is 0 Å². The van der Waals surface area contributed by atoms with Gasteiger partial charge in [0.05, 0.1) is 39.1 Å². The molecule has 1 aliphatic carbocycles. The molecular formula is C32H22N4. The summed E-state index contributed by atoms with van der Waals surface area (Å²) in [6.07, 6.45) is 4.35. The molecule has 0 radical (unpaired) electrons. The molecule has 2 heterocycles. The number of fused-ring (bicyclic) bond motifs is 7. The van der Waals surface area contributed by atoms with Crippen LogP contribution in [0.2, 0.25) is 0 Å². The van der Waals surface area contributed by atoms with Crippen LogP contribution in [0.15, 0.2) is 84.9 Å². The quantitative estimate of drug-likeness (QED) is 0.270. The third-order valence-corrected chi connectivity index (χ3v) is 7.60. The van der Waals surface area contributed by atoms with E-state index in [2.05, 4.69) is 63.7 Å². The van der Waals surface area contributed by atoms with Crippen molar-refractivity contribution in [1.29, 1.82) is 10.5 Å². The van der Waals surface area contributed by atoms with E-state index < -0.39 is 0 Å². The average molecular weight is 463 g/mol. The number of hydrogen-bond acceptors (Lipinski definition) is 2. The lowest BCUT2D eigenvalue weighted by Gasteiger charge is -2.16. The normalized spacial score (nSPS) is 13.1. The highest BCUT2D eigenvalue weighted by Crippen LogP contribution is 2.43. The Kier molecular flexibility index (Phi) is 4.50. The van der Waals surface area contributed by atoms with Gasteiger partial charge in [0.2, 0.25) is 0 Å². The van der Waals surface area contributed by atoms with Crippen LogP contribution in [0.1, 0.15) is 35.2 Å². The highest BCUT2D eigenvalue weighted by Gasteiger charge is 2.26. The highest BCUT2D eigenvalue weighted by atomic mass is 15.0. The van der Waals surface area contributed by atoms with Gasteiger partial charge in [0.25, 0.3) is 0 Å². The van der Waals surface area contributed by atoms with Crippen LogP contribution >= 0.6 is 0 Å². The first kappa shape index (κ1) is 20.6. The lowest BCUT2D eigenvalue weighted by Crippen LogP contribution is -2.07. The Hall–Kier alpha value is -4.80. The Labute approximate surface area is 208 Å². The number of rotatable bonds is 2. The minimum Gasteiger partial charge on any atom is -0.312 e. The van der Waals surface area contributed by atoms with E-state index in [1.807, 2.05) is 42.5 Å². The molecule has 0 bridgehead atoms. The summed E-state index contributed by atoms with van der Waals surface area (Å²) in [6.45, 7) is 0.